The van der Waals surface area contributed by atoms with Gasteiger partial charge in [-0.25, -0.2) is 0 Å². The van der Waals surface area contributed by atoms with E-state index in [1.807, 2.05) is 18.2 Å². The highest BCUT2D eigenvalue weighted by Gasteiger charge is 2.09. The van der Waals surface area contributed by atoms with Gasteiger partial charge in [0.15, 0.2) is 0 Å². The average molecular weight is 364 g/mol. The lowest BCUT2D eigenvalue weighted by molar-refractivity contribution is 1.51. The third-order valence-electron chi connectivity index (χ3n) is 1.74. The minimum absolute atomic E-state index is 0.756. The molecule has 1 aromatic heterocycles. The molecule has 0 radical (unpaired) electrons. The van der Waals surface area contributed by atoms with Crippen LogP contribution in [-0.2, 0) is 0 Å². The van der Waals surface area contributed by atoms with E-state index in [1.165, 1.54) is 3.57 Å². The van der Waals surface area contributed by atoms with Crippen LogP contribution in [0.25, 0.3) is 10.1 Å². The molecule has 64 valence electrons. The standard InChI is InChI=1S/C9H3BrINS/c10-9-7(11)6-3-1-2-5(4-12)8(6)13-9/h1-3H. The molecule has 0 N–H and O–H groups in total. The van der Waals surface area contributed by atoms with Crippen LogP contribution in [0, 0.1) is 14.9 Å². The summed E-state index contributed by atoms with van der Waals surface area (Å²) < 4.78 is 3.36. The summed E-state index contributed by atoms with van der Waals surface area (Å²) in [6, 6.07) is 8.01. The molecule has 0 aliphatic rings. The SMILES string of the molecule is N#Cc1cccc2c(I)c(Br)sc12. The molecule has 2 aromatic rings. The Bertz CT molecular complexity index is 512. The van der Waals surface area contributed by atoms with Crippen molar-refractivity contribution in [3.8, 4) is 6.07 Å². The summed E-state index contributed by atoms with van der Waals surface area (Å²) in [5.41, 5.74) is 0.756. The highest BCUT2D eigenvalue weighted by atomic mass is 127. The van der Waals surface area contributed by atoms with Crippen LogP contribution in [0.5, 0.6) is 0 Å². The number of hydrogen-bond acceptors (Lipinski definition) is 2. The molecule has 0 atom stereocenters. The Hall–Kier alpha value is -0.120. The molecule has 0 amide bonds. The second-order valence-corrected chi connectivity index (χ2v) is 5.90. The van der Waals surface area contributed by atoms with E-state index in [9.17, 15) is 0 Å². The number of benzene rings is 1. The Morgan fingerprint density at radius 1 is 1.46 bits per heavy atom. The highest BCUT2D eigenvalue weighted by Crippen LogP contribution is 2.37. The smallest absolute Gasteiger partial charge is 0.101 e. The van der Waals surface area contributed by atoms with Crippen molar-refractivity contribution in [3.63, 3.8) is 0 Å². The second kappa shape index (κ2) is 3.56. The van der Waals surface area contributed by atoms with E-state index in [0.29, 0.717) is 0 Å². The molecule has 0 saturated heterocycles. The summed E-state index contributed by atoms with van der Waals surface area (Å²) >= 11 is 7.38. The normalized spacial score (nSPS) is 10.2. The van der Waals surface area contributed by atoms with Crippen LogP contribution in [0.15, 0.2) is 22.0 Å². The fourth-order valence-electron chi connectivity index (χ4n) is 1.15. The zero-order valence-electron chi connectivity index (χ0n) is 6.34. The minimum Gasteiger partial charge on any atom is -0.192 e. The third kappa shape index (κ3) is 1.49. The Balaban J connectivity index is 2.95. The maximum Gasteiger partial charge on any atom is 0.101 e. The molecule has 1 nitrogen and oxygen atoms in total. The predicted molar refractivity (Wildman–Crippen MR) is 67.0 cm³/mol. The summed E-state index contributed by atoms with van der Waals surface area (Å²) in [5, 5.41) is 10.0. The number of nitrogens with zero attached hydrogens (tertiary/aromatic N) is 1. The van der Waals surface area contributed by atoms with E-state index in [2.05, 4.69) is 44.6 Å². The zero-order valence-corrected chi connectivity index (χ0v) is 10.9. The molecule has 4 heteroatoms. The first-order chi connectivity index (χ1) is 6.24. The lowest BCUT2D eigenvalue weighted by atomic mass is 10.2. The second-order valence-electron chi connectivity index (χ2n) is 2.48. The van der Waals surface area contributed by atoms with Gasteiger partial charge in [0.2, 0.25) is 0 Å². The molecule has 1 heterocycles. The first-order valence-corrected chi connectivity index (χ1v) is 6.19. The van der Waals surface area contributed by atoms with Crippen LogP contribution in [0.3, 0.4) is 0 Å². The minimum atomic E-state index is 0.756. The highest BCUT2D eigenvalue weighted by molar-refractivity contribution is 14.1. The molecular weight excluding hydrogens is 361 g/mol. The largest absolute Gasteiger partial charge is 0.192 e. The summed E-state index contributed by atoms with van der Waals surface area (Å²) in [6.45, 7) is 0. The first-order valence-electron chi connectivity index (χ1n) is 3.50. The Morgan fingerprint density at radius 3 is 2.92 bits per heavy atom. The van der Waals surface area contributed by atoms with Crippen molar-refractivity contribution in [2.75, 3.05) is 0 Å². The fourth-order valence-corrected chi connectivity index (χ4v) is 3.69. The molecule has 13 heavy (non-hydrogen) atoms. The lowest BCUT2D eigenvalue weighted by Gasteiger charge is -1.91. The molecule has 0 spiro atoms. The van der Waals surface area contributed by atoms with Gasteiger partial charge in [-0.15, -0.1) is 11.3 Å². The number of thiophene rings is 1. The Morgan fingerprint density at radius 2 is 2.23 bits per heavy atom. The van der Waals surface area contributed by atoms with E-state index in [0.717, 1.165) is 19.4 Å². The first kappa shape index (κ1) is 9.44. The molecule has 0 saturated carbocycles. The summed E-state index contributed by atoms with van der Waals surface area (Å²) in [7, 11) is 0. The Kier molecular flexibility index (Phi) is 2.58. The zero-order chi connectivity index (χ0) is 9.42. The number of rotatable bonds is 0. The van der Waals surface area contributed by atoms with Crippen LogP contribution in [-0.4, -0.2) is 0 Å². The number of fused-ring (bicyclic) bond motifs is 1. The van der Waals surface area contributed by atoms with E-state index in [4.69, 9.17) is 5.26 Å². The quantitative estimate of drug-likeness (QED) is 0.645. The molecule has 0 fully saturated rings. The molecule has 1 aromatic carbocycles. The van der Waals surface area contributed by atoms with Crippen molar-refractivity contribution >= 4 is 59.9 Å². The van der Waals surface area contributed by atoms with Gasteiger partial charge < -0.3 is 0 Å². The fraction of sp³-hybridized carbons (Fsp3) is 0. The Labute approximate surface area is 102 Å². The van der Waals surface area contributed by atoms with E-state index >= 15 is 0 Å². The van der Waals surface area contributed by atoms with E-state index < -0.39 is 0 Å². The molecule has 0 bridgehead atoms. The summed E-state index contributed by atoms with van der Waals surface area (Å²) in [4.78, 5) is 0. The van der Waals surface area contributed by atoms with Gasteiger partial charge in [0.1, 0.15) is 6.07 Å². The maximum absolute atomic E-state index is 8.87. The van der Waals surface area contributed by atoms with Crippen LogP contribution in [0.1, 0.15) is 5.56 Å². The van der Waals surface area contributed by atoms with Crippen molar-refractivity contribution in [3.05, 3.63) is 31.1 Å². The lowest BCUT2D eigenvalue weighted by Crippen LogP contribution is -1.73. The van der Waals surface area contributed by atoms with Crippen molar-refractivity contribution in [1.82, 2.24) is 0 Å². The molecule has 0 aliphatic carbocycles. The van der Waals surface area contributed by atoms with Gasteiger partial charge in [-0.3, -0.25) is 0 Å². The van der Waals surface area contributed by atoms with Gasteiger partial charge >= 0.3 is 0 Å². The van der Waals surface area contributed by atoms with Crippen molar-refractivity contribution in [2.24, 2.45) is 0 Å². The van der Waals surface area contributed by atoms with Crippen LogP contribution >= 0.6 is 49.9 Å². The maximum atomic E-state index is 8.87. The molecule has 0 unspecified atom stereocenters. The number of hydrogen-bond donors (Lipinski definition) is 0. The van der Waals surface area contributed by atoms with Gasteiger partial charge in [-0.05, 0) is 44.6 Å². The van der Waals surface area contributed by atoms with Gasteiger partial charge in [0.25, 0.3) is 0 Å². The summed E-state index contributed by atoms with van der Waals surface area (Å²) in [6.07, 6.45) is 0. The van der Waals surface area contributed by atoms with Crippen LogP contribution in [0.2, 0.25) is 0 Å². The van der Waals surface area contributed by atoms with Gasteiger partial charge in [0.05, 0.1) is 14.0 Å². The molecular formula is C9H3BrINS. The van der Waals surface area contributed by atoms with Crippen molar-refractivity contribution < 1.29 is 0 Å². The van der Waals surface area contributed by atoms with Gasteiger partial charge in [-0.2, -0.15) is 5.26 Å². The van der Waals surface area contributed by atoms with Crippen molar-refractivity contribution in [2.45, 2.75) is 0 Å². The number of nitriles is 1. The van der Waals surface area contributed by atoms with E-state index in [1.54, 1.807) is 11.3 Å². The van der Waals surface area contributed by atoms with E-state index in [-0.39, 0.29) is 0 Å². The monoisotopic (exact) mass is 363 g/mol. The molecule has 2 rings (SSSR count). The van der Waals surface area contributed by atoms with Crippen LogP contribution < -0.4 is 0 Å². The average Bonchev–Trinajstić information content (AvgIpc) is 2.43. The third-order valence-corrected chi connectivity index (χ3v) is 5.87. The van der Waals surface area contributed by atoms with Gasteiger partial charge in [-0.1, -0.05) is 12.1 Å². The van der Waals surface area contributed by atoms with Gasteiger partial charge in [0, 0.05) is 8.96 Å². The number of halogens is 2. The predicted octanol–water partition coefficient (Wildman–Crippen LogP) is 4.14. The topological polar surface area (TPSA) is 23.8 Å². The van der Waals surface area contributed by atoms with Crippen molar-refractivity contribution in [1.29, 1.82) is 5.26 Å². The molecule has 0 aliphatic heterocycles. The summed E-state index contributed by atoms with van der Waals surface area (Å²) in [5.74, 6) is 0. The van der Waals surface area contributed by atoms with Crippen LogP contribution in [0.4, 0.5) is 0 Å².